The van der Waals surface area contributed by atoms with Crippen molar-refractivity contribution in [1.82, 2.24) is 10.2 Å². The summed E-state index contributed by atoms with van der Waals surface area (Å²) in [7, 11) is 0. The van der Waals surface area contributed by atoms with Gasteiger partial charge in [-0.05, 0) is 17.9 Å². The van der Waals surface area contributed by atoms with Crippen molar-refractivity contribution in [2.75, 3.05) is 6.54 Å². The second-order valence-electron chi connectivity index (χ2n) is 5.37. The minimum absolute atomic E-state index is 0.0349. The first-order valence-corrected chi connectivity index (χ1v) is 7.30. The fraction of sp³-hybridized carbons (Fsp3) is 0.562. The van der Waals surface area contributed by atoms with Crippen molar-refractivity contribution in [2.45, 2.75) is 45.8 Å². The van der Waals surface area contributed by atoms with Crippen molar-refractivity contribution in [3.63, 3.8) is 0 Å². The minimum Gasteiger partial charge on any atom is -0.322 e. The van der Waals surface area contributed by atoms with E-state index in [-0.39, 0.29) is 18.1 Å². The highest BCUT2D eigenvalue weighted by Gasteiger charge is 2.40. The van der Waals surface area contributed by atoms with Crippen LogP contribution in [0.4, 0.5) is 0 Å². The Hall–Kier alpha value is -1.35. The van der Waals surface area contributed by atoms with Gasteiger partial charge in [0.2, 0.25) is 5.91 Å². The van der Waals surface area contributed by atoms with Crippen molar-refractivity contribution in [2.24, 2.45) is 5.92 Å². The number of benzene rings is 1. The number of rotatable bonds is 5. The molecule has 0 saturated carbocycles. The molecule has 0 aliphatic carbocycles. The van der Waals surface area contributed by atoms with Gasteiger partial charge in [-0.25, -0.2) is 0 Å². The third-order valence-electron chi connectivity index (χ3n) is 3.99. The molecule has 0 spiro atoms. The summed E-state index contributed by atoms with van der Waals surface area (Å²) >= 11 is 0. The maximum Gasteiger partial charge on any atom is 0.241 e. The lowest BCUT2D eigenvalue weighted by atomic mass is 9.99. The van der Waals surface area contributed by atoms with E-state index in [9.17, 15) is 4.79 Å². The molecule has 3 atom stereocenters. The number of nitrogens with one attached hydrogen (secondary N) is 1. The fourth-order valence-corrected chi connectivity index (χ4v) is 2.67. The van der Waals surface area contributed by atoms with E-state index in [0.29, 0.717) is 5.92 Å². The predicted octanol–water partition coefficient (Wildman–Crippen LogP) is 2.94. The van der Waals surface area contributed by atoms with Gasteiger partial charge in [0.05, 0.1) is 6.04 Å². The van der Waals surface area contributed by atoms with E-state index in [1.807, 2.05) is 23.1 Å². The summed E-state index contributed by atoms with van der Waals surface area (Å²) in [6.07, 6.45) is 2.04. The van der Waals surface area contributed by atoms with Gasteiger partial charge < -0.3 is 4.90 Å². The normalized spacial score (nSPS) is 24.8. The molecule has 1 fully saturated rings. The lowest BCUT2D eigenvalue weighted by Gasteiger charge is -2.23. The predicted molar refractivity (Wildman–Crippen MR) is 77.6 cm³/mol. The molecule has 0 radical (unpaired) electrons. The lowest BCUT2D eigenvalue weighted by molar-refractivity contribution is -0.131. The van der Waals surface area contributed by atoms with Crippen LogP contribution in [0.1, 0.15) is 45.3 Å². The second-order valence-corrected chi connectivity index (χ2v) is 5.37. The molecular formula is C16H24N2O. The quantitative estimate of drug-likeness (QED) is 0.883. The van der Waals surface area contributed by atoms with Gasteiger partial charge >= 0.3 is 0 Å². The van der Waals surface area contributed by atoms with Crippen LogP contribution in [0.25, 0.3) is 0 Å². The average molecular weight is 260 g/mol. The summed E-state index contributed by atoms with van der Waals surface area (Å²) in [6.45, 7) is 7.22. The van der Waals surface area contributed by atoms with Crippen LogP contribution >= 0.6 is 0 Å². The van der Waals surface area contributed by atoms with Crippen molar-refractivity contribution in [3.8, 4) is 0 Å². The minimum atomic E-state index is -0.0400. The third-order valence-corrected chi connectivity index (χ3v) is 3.99. The number of hydrogen-bond donors (Lipinski definition) is 1. The summed E-state index contributed by atoms with van der Waals surface area (Å²) in [5.41, 5.74) is 1.18. The van der Waals surface area contributed by atoms with Gasteiger partial charge in [0.15, 0.2) is 0 Å². The first kappa shape index (κ1) is 14.1. The number of amides is 1. The first-order valence-electron chi connectivity index (χ1n) is 7.30. The highest BCUT2D eigenvalue weighted by atomic mass is 16.2. The Balaban J connectivity index is 2.24. The summed E-state index contributed by atoms with van der Waals surface area (Å²) in [5, 5.41) is 3.52. The van der Waals surface area contributed by atoms with Gasteiger partial charge in [0, 0.05) is 6.54 Å². The van der Waals surface area contributed by atoms with Crippen molar-refractivity contribution >= 4 is 5.91 Å². The van der Waals surface area contributed by atoms with Gasteiger partial charge in [-0.15, -0.1) is 0 Å². The molecule has 3 nitrogen and oxygen atoms in total. The summed E-state index contributed by atoms with van der Waals surface area (Å²) < 4.78 is 0. The maximum absolute atomic E-state index is 12.5. The van der Waals surface area contributed by atoms with E-state index in [2.05, 4.69) is 38.2 Å². The first-order chi connectivity index (χ1) is 9.19. The molecule has 1 aromatic carbocycles. The summed E-state index contributed by atoms with van der Waals surface area (Å²) in [6, 6.07) is 10.2. The average Bonchev–Trinajstić information content (AvgIpc) is 2.77. The largest absolute Gasteiger partial charge is 0.322 e. The fourth-order valence-electron chi connectivity index (χ4n) is 2.67. The zero-order chi connectivity index (χ0) is 13.8. The van der Waals surface area contributed by atoms with Gasteiger partial charge in [-0.1, -0.05) is 57.5 Å². The summed E-state index contributed by atoms with van der Waals surface area (Å²) in [4.78, 5) is 14.5. The van der Waals surface area contributed by atoms with Crippen LogP contribution in [0, 0.1) is 5.92 Å². The molecule has 0 bridgehead atoms. The number of carbonyl (C=O) groups excluding carboxylic acids is 1. The van der Waals surface area contributed by atoms with Crippen molar-refractivity contribution in [1.29, 1.82) is 0 Å². The maximum atomic E-state index is 12.5. The van der Waals surface area contributed by atoms with Crippen molar-refractivity contribution in [3.05, 3.63) is 35.9 Å². The van der Waals surface area contributed by atoms with E-state index in [0.717, 1.165) is 19.4 Å². The highest BCUT2D eigenvalue weighted by molar-refractivity contribution is 5.84. The van der Waals surface area contributed by atoms with E-state index < -0.39 is 0 Å². The molecule has 1 heterocycles. The monoisotopic (exact) mass is 260 g/mol. The van der Waals surface area contributed by atoms with Crippen LogP contribution in [0.3, 0.4) is 0 Å². The standard InChI is InChI=1S/C16H24N2O/c1-4-11-18-15(13-9-7-6-8-10-13)17-14(16(18)19)12(3)5-2/h6-10,12,14-15,17H,4-5,11H2,1-3H3. The molecule has 0 aromatic heterocycles. The van der Waals surface area contributed by atoms with Gasteiger partial charge in [0.25, 0.3) is 0 Å². The molecule has 1 N–H and O–H groups in total. The van der Waals surface area contributed by atoms with Crippen LogP contribution in [-0.4, -0.2) is 23.4 Å². The van der Waals surface area contributed by atoms with Crippen LogP contribution in [-0.2, 0) is 4.79 Å². The SMILES string of the molecule is CCCN1C(=O)C(C(C)CC)NC1c1ccccc1. The van der Waals surface area contributed by atoms with Gasteiger partial charge in [0.1, 0.15) is 6.17 Å². The Kier molecular flexibility index (Phi) is 4.59. The molecule has 1 aliphatic heterocycles. The van der Waals surface area contributed by atoms with E-state index in [1.165, 1.54) is 5.56 Å². The highest BCUT2D eigenvalue weighted by Crippen LogP contribution is 2.28. The molecule has 1 amide bonds. The molecule has 1 saturated heterocycles. The second kappa shape index (κ2) is 6.20. The smallest absolute Gasteiger partial charge is 0.241 e. The Labute approximate surface area is 116 Å². The zero-order valence-corrected chi connectivity index (χ0v) is 12.1. The van der Waals surface area contributed by atoms with Crippen molar-refractivity contribution < 1.29 is 4.79 Å². The molecule has 19 heavy (non-hydrogen) atoms. The molecule has 1 aliphatic rings. The Morgan fingerprint density at radius 2 is 1.95 bits per heavy atom. The molecule has 1 aromatic rings. The Morgan fingerprint density at radius 3 is 2.53 bits per heavy atom. The Morgan fingerprint density at radius 1 is 1.26 bits per heavy atom. The van der Waals surface area contributed by atoms with Crippen LogP contribution in [0.15, 0.2) is 30.3 Å². The molecule has 3 heteroatoms. The van der Waals surface area contributed by atoms with E-state index in [1.54, 1.807) is 0 Å². The number of hydrogen-bond acceptors (Lipinski definition) is 2. The Bertz CT molecular complexity index is 418. The third kappa shape index (κ3) is 2.81. The summed E-state index contributed by atoms with van der Waals surface area (Å²) in [5.74, 6) is 0.630. The number of carbonyl (C=O) groups is 1. The van der Waals surface area contributed by atoms with E-state index >= 15 is 0 Å². The van der Waals surface area contributed by atoms with Crippen LogP contribution in [0.5, 0.6) is 0 Å². The molecule has 104 valence electrons. The van der Waals surface area contributed by atoms with Gasteiger partial charge in [-0.2, -0.15) is 0 Å². The molecular weight excluding hydrogens is 236 g/mol. The lowest BCUT2D eigenvalue weighted by Crippen LogP contribution is -2.35. The topological polar surface area (TPSA) is 32.3 Å². The molecule has 2 rings (SSSR count). The van der Waals surface area contributed by atoms with Gasteiger partial charge in [-0.3, -0.25) is 10.1 Å². The molecule has 3 unspecified atom stereocenters. The van der Waals surface area contributed by atoms with E-state index in [4.69, 9.17) is 0 Å². The van der Waals surface area contributed by atoms with Crippen LogP contribution < -0.4 is 5.32 Å². The number of nitrogens with zero attached hydrogens (tertiary/aromatic N) is 1. The van der Waals surface area contributed by atoms with Crippen LogP contribution in [0.2, 0.25) is 0 Å². The zero-order valence-electron chi connectivity index (χ0n) is 12.1.